The molecule has 1 fully saturated rings. The lowest BCUT2D eigenvalue weighted by atomic mass is 9.73. The molecule has 2 aliphatic rings. The normalized spacial score (nSPS) is 24.1. The van der Waals surface area contributed by atoms with Crippen LogP contribution in [-0.4, -0.2) is 40.2 Å². The van der Waals surface area contributed by atoms with Gasteiger partial charge in [0.1, 0.15) is 5.83 Å². The maximum atomic E-state index is 14.8. The fraction of sp³-hybridized carbons (Fsp3) is 0.571. The lowest BCUT2D eigenvalue weighted by Crippen LogP contribution is -2.35. The first kappa shape index (κ1) is 21.5. The molecule has 0 amide bonds. The van der Waals surface area contributed by atoms with Crippen molar-refractivity contribution in [1.29, 1.82) is 0 Å². The predicted octanol–water partition coefficient (Wildman–Crippen LogP) is 5.56. The van der Waals surface area contributed by atoms with Crippen LogP contribution >= 0.6 is 15.9 Å². The van der Waals surface area contributed by atoms with Gasteiger partial charge in [-0.2, -0.15) is 8.78 Å². The van der Waals surface area contributed by atoms with Gasteiger partial charge < -0.3 is 9.32 Å². The van der Waals surface area contributed by atoms with Gasteiger partial charge in [-0.15, -0.1) is 10.2 Å². The molecule has 9 heteroatoms. The van der Waals surface area contributed by atoms with Gasteiger partial charge in [-0.3, -0.25) is 4.98 Å². The predicted molar refractivity (Wildman–Crippen MR) is 110 cm³/mol. The quantitative estimate of drug-likeness (QED) is 0.556. The molecule has 2 aromatic rings. The van der Waals surface area contributed by atoms with Gasteiger partial charge >= 0.3 is 6.43 Å². The minimum Gasteiger partial charge on any atom is -0.415 e. The van der Waals surface area contributed by atoms with Crippen LogP contribution in [-0.2, 0) is 6.42 Å². The topological polar surface area (TPSA) is 55.1 Å². The number of hydrogen-bond donors (Lipinski definition) is 0. The first-order valence-electron chi connectivity index (χ1n) is 10.2. The summed E-state index contributed by atoms with van der Waals surface area (Å²) in [6.07, 6.45) is 3.10. The molecule has 1 aliphatic heterocycles. The van der Waals surface area contributed by atoms with Gasteiger partial charge in [0.2, 0.25) is 5.89 Å². The van der Waals surface area contributed by atoms with Crippen molar-refractivity contribution < 1.29 is 17.6 Å². The molecule has 30 heavy (non-hydrogen) atoms. The number of rotatable bonds is 5. The number of hydrogen-bond acceptors (Lipinski definition) is 5. The molecule has 0 N–H and O–H groups in total. The van der Waals surface area contributed by atoms with Crippen LogP contribution in [0.1, 0.15) is 43.7 Å². The average molecular weight is 485 g/mol. The Morgan fingerprint density at radius 3 is 2.60 bits per heavy atom. The molecular formula is C21H24BrF3N4O. The van der Waals surface area contributed by atoms with Gasteiger partial charge in [0.15, 0.2) is 0 Å². The summed E-state index contributed by atoms with van der Waals surface area (Å²) >= 11 is 3.47. The van der Waals surface area contributed by atoms with Gasteiger partial charge in [-0.05, 0) is 76.2 Å². The van der Waals surface area contributed by atoms with Crippen molar-refractivity contribution in [3.8, 4) is 11.5 Å². The minimum atomic E-state index is -2.81. The molecule has 2 atom stereocenters. The lowest BCUT2D eigenvalue weighted by Gasteiger charge is -2.38. The maximum Gasteiger partial charge on any atom is 0.314 e. The van der Waals surface area contributed by atoms with E-state index in [1.165, 1.54) is 6.20 Å². The van der Waals surface area contributed by atoms with Crippen LogP contribution in [0.3, 0.4) is 0 Å². The van der Waals surface area contributed by atoms with Crippen LogP contribution < -0.4 is 0 Å². The molecule has 2 aromatic heterocycles. The van der Waals surface area contributed by atoms with Crippen LogP contribution in [0.15, 0.2) is 33.1 Å². The zero-order valence-electron chi connectivity index (χ0n) is 16.7. The van der Waals surface area contributed by atoms with Crippen molar-refractivity contribution in [2.24, 2.45) is 17.8 Å². The standard InChI is InChI=1S/C21H24BrF3N4O/c1-29-6-4-12(5-7-29)14-8-15(18(23)17(22)10-14)9-16-3-2-13(11-26-16)20-27-28-21(30-20)19(24)25/h2-3,11-12,14-15,19H,4-10H2,1H3. The summed E-state index contributed by atoms with van der Waals surface area (Å²) in [6, 6.07) is 3.46. The molecule has 1 saturated heterocycles. The zero-order chi connectivity index (χ0) is 21.3. The highest BCUT2D eigenvalue weighted by Crippen LogP contribution is 2.44. The van der Waals surface area contributed by atoms with Gasteiger partial charge in [-0.1, -0.05) is 15.9 Å². The Morgan fingerprint density at radius 1 is 1.20 bits per heavy atom. The highest BCUT2D eigenvalue weighted by atomic mass is 79.9. The summed E-state index contributed by atoms with van der Waals surface area (Å²) in [5, 5.41) is 6.95. The monoisotopic (exact) mass is 484 g/mol. The molecule has 5 nitrogen and oxygen atoms in total. The Labute approximate surface area is 181 Å². The van der Waals surface area contributed by atoms with Crippen molar-refractivity contribution in [3.63, 3.8) is 0 Å². The molecule has 0 spiro atoms. The third-order valence-electron chi connectivity index (χ3n) is 6.23. The molecule has 0 bridgehead atoms. The average Bonchev–Trinajstić information content (AvgIpc) is 3.23. The molecule has 0 saturated carbocycles. The first-order chi connectivity index (χ1) is 14.4. The Balaban J connectivity index is 1.43. The molecular weight excluding hydrogens is 461 g/mol. The van der Waals surface area contributed by atoms with Crippen molar-refractivity contribution in [1.82, 2.24) is 20.1 Å². The van der Waals surface area contributed by atoms with E-state index < -0.39 is 12.3 Å². The van der Waals surface area contributed by atoms with Crippen LogP contribution in [0.4, 0.5) is 13.2 Å². The van der Waals surface area contributed by atoms with E-state index in [0.717, 1.165) is 44.5 Å². The highest BCUT2D eigenvalue weighted by molar-refractivity contribution is 9.11. The van der Waals surface area contributed by atoms with E-state index in [2.05, 4.69) is 43.1 Å². The molecule has 4 rings (SSSR count). The van der Waals surface area contributed by atoms with E-state index in [1.807, 2.05) is 0 Å². The minimum absolute atomic E-state index is 0.00170. The lowest BCUT2D eigenvalue weighted by molar-refractivity contribution is 0.116. The van der Waals surface area contributed by atoms with Crippen molar-refractivity contribution in [3.05, 3.63) is 40.2 Å². The molecule has 162 valence electrons. The SMILES string of the molecule is CN1CCC(C2CC(Br)=C(F)C(Cc3ccc(-c4nnc(C(F)F)o4)cn3)C2)CC1. The summed E-state index contributed by atoms with van der Waals surface area (Å²) in [5.41, 5.74) is 1.21. The van der Waals surface area contributed by atoms with Gasteiger partial charge in [0.05, 0.1) is 5.56 Å². The number of nitrogens with zero attached hydrogens (tertiary/aromatic N) is 4. The smallest absolute Gasteiger partial charge is 0.314 e. The third kappa shape index (κ3) is 4.77. The number of pyridine rings is 1. The molecule has 0 aromatic carbocycles. The summed E-state index contributed by atoms with van der Waals surface area (Å²) in [4.78, 5) is 6.73. The van der Waals surface area contributed by atoms with Crippen molar-refractivity contribution in [2.75, 3.05) is 20.1 Å². The fourth-order valence-electron chi connectivity index (χ4n) is 4.50. The summed E-state index contributed by atoms with van der Waals surface area (Å²) in [6.45, 7) is 2.20. The van der Waals surface area contributed by atoms with Gasteiger partial charge in [0.25, 0.3) is 5.89 Å². The van der Waals surface area contributed by atoms with Crippen molar-refractivity contribution >= 4 is 15.9 Å². The van der Waals surface area contributed by atoms with E-state index >= 15 is 0 Å². The summed E-state index contributed by atoms with van der Waals surface area (Å²) in [5.74, 6) is 0.101. The molecule has 3 heterocycles. The number of alkyl halides is 2. The van der Waals surface area contributed by atoms with E-state index in [4.69, 9.17) is 4.42 Å². The summed E-state index contributed by atoms with van der Waals surface area (Å²) in [7, 11) is 2.15. The molecule has 2 unspecified atom stereocenters. The Morgan fingerprint density at radius 2 is 1.97 bits per heavy atom. The third-order valence-corrected chi connectivity index (χ3v) is 6.93. The van der Waals surface area contributed by atoms with Gasteiger partial charge in [0, 0.05) is 22.3 Å². The second kappa shape index (κ2) is 9.18. The van der Waals surface area contributed by atoms with Crippen LogP contribution in [0, 0.1) is 17.8 Å². The number of allylic oxidation sites excluding steroid dienone is 2. The Kier molecular flexibility index (Phi) is 6.57. The van der Waals surface area contributed by atoms with Gasteiger partial charge in [-0.25, -0.2) is 4.39 Å². The number of piperidine rings is 1. The second-order valence-corrected chi connectivity index (χ2v) is 9.24. The first-order valence-corrected chi connectivity index (χ1v) is 11.0. The number of aromatic nitrogens is 3. The maximum absolute atomic E-state index is 14.8. The van der Waals surface area contributed by atoms with Crippen LogP contribution in [0.5, 0.6) is 0 Å². The fourth-order valence-corrected chi connectivity index (χ4v) is 5.24. The molecule has 0 radical (unpaired) electrons. The summed E-state index contributed by atoms with van der Waals surface area (Å²) < 4.78 is 45.7. The number of likely N-dealkylation sites (tertiary alicyclic amines) is 1. The zero-order valence-corrected chi connectivity index (χ0v) is 18.3. The van der Waals surface area contributed by atoms with Crippen LogP contribution in [0.25, 0.3) is 11.5 Å². The van der Waals surface area contributed by atoms with E-state index in [1.54, 1.807) is 12.1 Å². The van der Waals surface area contributed by atoms with Crippen LogP contribution in [0.2, 0.25) is 0 Å². The second-order valence-electron chi connectivity index (χ2n) is 8.28. The largest absolute Gasteiger partial charge is 0.415 e. The van der Waals surface area contributed by atoms with E-state index in [0.29, 0.717) is 28.3 Å². The Bertz CT molecular complexity index is 894. The van der Waals surface area contributed by atoms with Crippen molar-refractivity contribution in [2.45, 2.75) is 38.5 Å². The molecule has 1 aliphatic carbocycles. The number of halogens is 4. The Hall–Kier alpha value is -1.74. The van der Waals surface area contributed by atoms with E-state index in [-0.39, 0.29) is 17.6 Å². The highest BCUT2D eigenvalue weighted by Gasteiger charge is 2.34. The van der Waals surface area contributed by atoms with E-state index in [9.17, 15) is 13.2 Å².